The number of benzene rings is 2. The van der Waals surface area contributed by atoms with Gasteiger partial charge in [0.1, 0.15) is 0 Å². The summed E-state index contributed by atoms with van der Waals surface area (Å²) in [6.45, 7) is 1.86. The van der Waals surface area contributed by atoms with Crippen LogP contribution in [0.25, 0.3) is 10.9 Å². The molecule has 0 atom stereocenters. The van der Waals surface area contributed by atoms with E-state index in [1.165, 1.54) is 6.20 Å². The standard InChI is InChI=1S/C17H13NO2/c1-12-9-15-10-14(7-8-16(15)18(20)11-12)17(19)13-5-3-2-4-6-13/h2-11H,1H3. The normalized spacial score (nSPS) is 10.7. The zero-order valence-corrected chi connectivity index (χ0v) is 11.0. The molecule has 3 rings (SSSR count). The van der Waals surface area contributed by atoms with E-state index in [-0.39, 0.29) is 5.78 Å². The van der Waals surface area contributed by atoms with Gasteiger partial charge in [0.2, 0.25) is 5.52 Å². The molecule has 0 unspecified atom stereocenters. The summed E-state index contributed by atoms with van der Waals surface area (Å²) in [5, 5.41) is 12.6. The SMILES string of the molecule is Cc1cc2cc(C(=O)c3ccccc3)ccc2[n+]([O-])c1. The van der Waals surface area contributed by atoms with Gasteiger partial charge in [0.25, 0.3) is 0 Å². The maximum Gasteiger partial charge on any atom is 0.223 e. The first kappa shape index (κ1) is 12.4. The van der Waals surface area contributed by atoms with Crippen LogP contribution in [0.1, 0.15) is 21.5 Å². The molecule has 20 heavy (non-hydrogen) atoms. The summed E-state index contributed by atoms with van der Waals surface area (Å²) in [6, 6.07) is 16.2. The largest absolute Gasteiger partial charge is 0.618 e. The molecule has 0 saturated carbocycles. The molecule has 0 amide bonds. The second-order valence-electron chi connectivity index (χ2n) is 4.81. The van der Waals surface area contributed by atoms with Crippen LogP contribution in [0.4, 0.5) is 0 Å². The molecule has 0 fully saturated rings. The van der Waals surface area contributed by atoms with Crippen molar-refractivity contribution in [2.45, 2.75) is 6.92 Å². The second-order valence-corrected chi connectivity index (χ2v) is 4.81. The third-order valence-corrected chi connectivity index (χ3v) is 3.27. The van der Waals surface area contributed by atoms with E-state index in [9.17, 15) is 10.0 Å². The Kier molecular flexibility index (Phi) is 2.95. The van der Waals surface area contributed by atoms with Crippen molar-refractivity contribution in [2.24, 2.45) is 0 Å². The Labute approximate surface area is 116 Å². The predicted molar refractivity (Wildman–Crippen MR) is 77.5 cm³/mol. The van der Waals surface area contributed by atoms with Crippen molar-refractivity contribution in [1.29, 1.82) is 0 Å². The van der Waals surface area contributed by atoms with Gasteiger partial charge in [0, 0.05) is 28.1 Å². The van der Waals surface area contributed by atoms with E-state index in [1.807, 2.05) is 31.2 Å². The van der Waals surface area contributed by atoms with E-state index >= 15 is 0 Å². The molecule has 0 aliphatic carbocycles. The number of pyridine rings is 1. The Balaban J connectivity index is 2.12. The van der Waals surface area contributed by atoms with Gasteiger partial charge in [0.05, 0.1) is 0 Å². The highest BCUT2D eigenvalue weighted by Crippen LogP contribution is 2.17. The van der Waals surface area contributed by atoms with Crippen LogP contribution in [0.15, 0.2) is 60.8 Å². The maximum atomic E-state index is 12.4. The maximum absolute atomic E-state index is 12.4. The highest BCUT2D eigenvalue weighted by molar-refractivity contribution is 6.10. The van der Waals surface area contributed by atoms with Crippen LogP contribution in [0.5, 0.6) is 0 Å². The summed E-state index contributed by atoms with van der Waals surface area (Å²) in [4.78, 5) is 12.4. The molecule has 2 aromatic carbocycles. The summed E-state index contributed by atoms with van der Waals surface area (Å²) in [6.07, 6.45) is 1.53. The number of aromatic nitrogens is 1. The van der Waals surface area contributed by atoms with Gasteiger partial charge in [-0.05, 0) is 25.1 Å². The number of nitrogens with zero attached hydrogens (tertiary/aromatic N) is 1. The van der Waals surface area contributed by atoms with Gasteiger partial charge in [-0.3, -0.25) is 4.79 Å². The number of carbonyl (C=O) groups is 1. The van der Waals surface area contributed by atoms with Crippen LogP contribution in [-0.4, -0.2) is 5.78 Å². The van der Waals surface area contributed by atoms with E-state index in [1.54, 1.807) is 30.3 Å². The first-order chi connectivity index (χ1) is 9.65. The molecule has 0 aliphatic rings. The number of carbonyl (C=O) groups excluding carboxylic acids is 1. The van der Waals surface area contributed by atoms with Crippen molar-refractivity contribution in [3.8, 4) is 0 Å². The molecule has 1 heterocycles. The summed E-state index contributed by atoms with van der Waals surface area (Å²) < 4.78 is 0.835. The molecule has 3 aromatic rings. The third-order valence-electron chi connectivity index (χ3n) is 3.27. The quantitative estimate of drug-likeness (QED) is 0.405. The fraction of sp³-hybridized carbons (Fsp3) is 0.0588. The highest BCUT2D eigenvalue weighted by Gasteiger charge is 2.12. The summed E-state index contributed by atoms with van der Waals surface area (Å²) >= 11 is 0. The van der Waals surface area contributed by atoms with Crippen molar-refractivity contribution in [3.63, 3.8) is 0 Å². The second kappa shape index (κ2) is 4.78. The zero-order valence-electron chi connectivity index (χ0n) is 11.0. The lowest BCUT2D eigenvalue weighted by Gasteiger charge is -2.05. The van der Waals surface area contributed by atoms with Gasteiger partial charge in [-0.2, -0.15) is 4.73 Å². The molecule has 98 valence electrons. The number of aryl methyl sites for hydroxylation is 1. The summed E-state index contributed by atoms with van der Waals surface area (Å²) in [5.41, 5.74) is 2.68. The molecule has 0 radical (unpaired) electrons. The summed E-state index contributed by atoms with van der Waals surface area (Å²) in [5.74, 6) is -0.0357. The van der Waals surface area contributed by atoms with Crippen molar-refractivity contribution in [3.05, 3.63) is 82.7 Å². The average molecular weight is 263 g/mol. The van der Waals surface area contributed by atoms with Crippen molar-refractivity contribution >= 4 is 16.7 Å². The Bertz CT molecular complexity index is 795. The van der Waals surface area contributed by atoms with E-state index in [2.05, 4.69) is 0 Å². The molecule has 1 aromatic heterocycles. The molecule has 3 nitrogen and oxygen atoms in total. The smallest absolute Gasteiger partial charge is 0.223 e. The van der Waals surface area contributed by atoms with Crippen LogP contribution in [-0.2, 0) is 0 Å². The monoisotopic (exact) mass is 263 g/mol. The van der Waals surface area contributed by atoms with Crippen LogP contribution >= 0.6 is 0 Å². The Morgan fingerprint density at radius 2 is 1.75 bits per heavy atom. The fourth-order valence-electron chi connectivity index (χ4n) is 2.31. The van der Waals surface area contributed by atoms with E-state index in [0.29, 0.717) is 16.6 Å². The van der Waals surface area contributed by atoms with Gasteiger partial charge in [0.15, 0.2) is 12.0 Å². The molecular formula is C17H13NO2. The number of hydrogen-bond donors (Lipinski definition) is 0. The van der Waals surface area contributed by atoms with Crippen molar-refractivity contribution < 1.29 is 9.52 Å². The van der Waals surface area contributed by atoms with Gasteiger partial charge in [-0.1, -0.05) is 30.3 Å². The first-order valence-corrected chi connectivity index (χ1v) is 6.38. The average Bonchev–Trinajstić information content (AvgIpc) is 2.46. The van der Waals surface area contributed by atoms with Crippen LogP contribution in [0, 0.1) is 12.1 Å². The molecule has 3 heteroatoms. The van der Waals surface area contributed by atoms with Gasteiger partial charge in [-0.25, -0.2) is 0 Å². The number of hydrogen-bond acceptors (Lipinski definition) is 2. The molecule has 0 saturated heterocycles. The van der Waals surface area contributed by atoms with Gasteiger partial charge in [-0.15, -0.1) is 0 Å². The predicted octanol–water partition coefficient (Wildman–Crippen LogP) is 3.01. The minimum Gasteiger partial charge on any atom is -0.618 e. The fourth-order valence-corrected chi connectivity index (χ4v) is 2.31. The number of fused-ring (bicyclic) bond motifs is 1. The molecule has 0 spiro atoms. The molecule has 0 N–H and O–H groups in total. The number of rotatable bonds is 2. The highest BCUT2D eigenvalue weighted by atomic mass is 16.5. The van der Waals surface area contributed by atoms with E-state index in [0.717, 1.165) is 15.7 Å². The molecule has 0 aliphatic heterocycles. The van der Waals surface area contributed by atoms with E-state index < -0.39 is 0 Å². The minimum atomic E-state index is -0.0357. The Morgan fingerprint density at radius 1 is 1.00 bits per heavy atom. The van der Waals surface area contributed by atoms with Crippen molar-refractivity contribution in [2.75, 3.05) is 0 Å². The number of ketones is 1. The zero-order chi connectivity index (χ0) is 14.1. The van der Waals surface area contributed by atoms with Crippen LogP contribution in [0.2, 0.25) is 0 Å². The lowest BCUT2D eigenvalue weighted by Crippen LogP contribution is -2.26. The third kappa shape index (κ3) is 2.14. The minimum absolute atomic E-state index is 0.0357. The first-order valence-electron chi connectivity index (χ1n) is 6.38. The van der Waals surface area contributed by atoms with Crippen LogP contribution in [0.3, 0.4) is 0 Å². The topological polar surface area (TPSA) is 44.0 Å². The molecule has 0 bridgehead atoms. The Hall–Kier alpha value is -2.68. The van der Waals surface area contributed by atoms with Gasteiger partial charge < -0.3 is 5.21 Å². The lowest BCUT2D eigenvalue weighted by molar-refractivity contribution is -0.577. The Morgan fingerprint density at radius 3 is 2.50 bits per heavy atom. The van der Waals surface area contributed by atoms with Crippen molar-refractivity contribution in [1.82, 2.24) is 0 Å². The molecular weight excluding hydrogens is 250 g/mol. The van der Waals surface area contributed by atoms with Gasteiger partial charge >= 0.3 is 0 Å². The van der Waals surface area contributed by atoms with E-state index in [4.69, 9.17) is 0 Å². The van der Waals surface area contributed by atoms with Crippen LogP contribution < -0.4 is 4.73 Å². The lowest BCUT2D eigenvalue weighted by atomic mass is 10.0. The summed E-state index contributed by atoms with van der Waals surface area (Å²) in [7, 11) is 0.